The van der Waals surface area contributed by atoms with Gasteiger partial charge in [0.1, 0.15) is 5.82 Å². The lowest BCUT2D eigenvalue weighted by Crippen LogP contribution is -1.98. The summed E-state index contributed by atoms with van der Waals surface area (Å²) < 4.78 is 15.5. The van der Waals surface area contributed by atoms with Gasteiger partial charge in [0.15, 0.2) is 0 Å². The molecule has 1 aromatic carbocycles. The van der Waals surface area contributed by atoms with Crippen molar-refractivity contribution < 1.29 is 14.3 Å². The number of aromatic nitrogens is 1. The molecule has 1 heterocycles. The molecule has 0 amide bonds. The molecule has 94 valence electrons. The Kier molecular flexibility index (Phi) is 3.19. The van der Waals surface area contributed by atoms with Crippen LogP contribution in [0.1, 0.15) is 30.2 Å². The monoisotopic (exact) mass is 247 g/mol. The van der Waals surface area contributed by atoms with Crippen molar-refractivity contribution in [1.29, 1.82) is 0 Å². The second-order valence-electron chi connectivity index (χ2n) is 4.41. The van der Waals surface area contributed by atoms with Gasteiger partial charge in [0.2, 0.25) is 0 Å². The molecule has 0 saturated carbocycles. The molecule has 18 heavy (non-hydrogen) atoms. The zero-order chi connectivity index (χ0) is 13.3. The molecule has 0 unspecified atom stereocenters. The van der Waals surface area contributed by atoms with Crippen molar-refractivity contribution in [3.8, 4) is 11.1 Å². The van der Waals surface area contributed by atoms with E-state index in [1.165, 1.54) is 12.3 Å². The van der Waals surface area contributed by atoms with Gasteiger partial charge in [-0.3, -0.25) is 0 Å². The third-order valence-corrected chi connectivity index (χ3v) is 2.84. The first-order valence-electron chi connectivity index (χ1n) is 5.70. The van der Waals surface area contributed by atoms with E-state index >= 15 is 0 Å². The quantitative estimate of drug-likeness (QED) is 0.900. The average Bonchev–Trinajstić information content (AvgIpc) is 2.74. The number of carboxylic acids is 1. The van der Waals surface area contributed by atoms with E-state index in [4.69, 9.17) is 0 Å². The van der Waals surface area contributed by atoms with Gasteiger partial charge in [-0.15, -0.1) is 0 Å². The normalized spacial score (nSPS) is 10.9. The Bertz CT molecular complexity index is 587. The number of nitrogens with zero attached hydrogens (tertiary/aromatic N) is 1. The zero-order valence-corrected chi connectivity index (χ0v) is 10.2. The molecule has 0 aliphatic rings. The van der Waals surface area contributed by atoms with Crippen molar-refractivity contribution in [3.63, 3.8) is 0 Å². The van der Waals surface area contributed by atoms with Gasteiger partial charge in [0, 0.05) is 29.6 Å². The molecular formula is C14H14FNO2. The number of hydrogen-bond donors (Lipinski definition) is 1. The fourth-order valence-corrected chi connectivity index (χ4v) is 1.84. The van der Waals surface area contributed by atoms with Crippen molar-refractivity contribution in [3.05, 3.63) is 48.0 Å². The lowest BCUT2D eigenvalue weighted by atomic mass is 10.0. The van der Waals surface area contributed by atoms with E-state index in [0.29, 0.717) is 11.1 Å². The van der Waals surface area contributed by atoms with Crippen molar-refractivity contribution >= 4 is 5.97 Å². The predicted octanol–water partition coefficient (Wildman–Crippen LogP) is 3.57. The Hall–Kier alpha value is -2.10. The fraction of sp³-hybridized carbons (Fsp3) is 0.214. The molecule has 0 aliphatic carbocycles. The van der Waals surface area contributed by atoms with Crippen molar-refractivity contribution in [2.75, 3.05) is 0 Å². The van der Waals surface area contributed by atoms with Crippen molar-refractivity contribution in [2.24, 2.45) is 0 Å². The van der Waals surface area contributed by atoms with E-state index in [9.17, 15) is 14.3 Å². The topological polar surface area (TPSA) is 42.2 Å². The van der Waals surface area contributed by atoms with Crippen LogP contribution in [0.3, 0.4) is 0 Å². The van der Waals surface area contributed by atoms with Crippen LogP contribution in [0.25, 0.3) is 11.1 Å². The Morgan fingerprint density at radius 1 is 1.22 bits per heavy atom. The summed E-state index contributed by atoms with van der Waals surface area (Å²) in [5, 5.41) is 9.18. The summed E-state index contributed by atoms with van der Waals surface area (Å²) in [5.41, 5.74) is 0.845. The number of carbonyl (C=O) groups is 1. The number of carboxylic acid groups (broad SMARTS) is 1. The summed E-state index contributed by atoms with van der Waals surface area (Å²) in [6.45, 7) is 3.88. The van der Waals surface area contributed by atoms with Crippen molar-refractivity contribution in [1.82, 2.24) is 4.57 Å². The molecule has 0 spiro atoms. The van der Waals surface area contributed by atoms with Crippen LogP contribution in [0.5, 0.6) is 0 Å². The molecule has 0 fully saturated rings. The van der Waals surface area contributed by atoms with Gasteiger partial charge in [-0.25, -0.2) is 9.18 Å². The highest BCUT2D eigenvalue weighted by Gasteiger charge is 2.18. The number of benzene rings is 1. The van der Waals surface area contributed by atoms with Gasteiger partial charge < -0.3 is 9.67 Å². The van der Waals surface area contributed by atoms with Gasteiger partial charge in [-0.05, 0) is 19.9 Å². The SMILES string of the molecule is CC(C)n1cc(C(=O)O)c(-c2ccccc2F)c1. The van der Waals surface area contributed by atoms with E-state index in [1.54, 1.807) is 29.0 Å². The maximum atomic E-state index is 13.7. The third-order valence-electron chi connectivity index (χ3n) is 2.84. The molecule has 2 aromatic rings. The Labute approximate surface area is 104 Å². The average molecular weight is 247 g/mol. The van der Waals surface area contributed by atoms with Crippen LogP contribution in [-0.2, 0) is 0 Å². The first-order valence-corrected chi connectivity index (χ1v) is 5.70. The van der Waals surface area contributed by atoms with Crippen LogP contribution in [-0.4, -0.2) is 15.6 Å². The highest BCUT2D eigenvalue weighted by Crippen LogP contribution is 2.28. The summed E-state index contributed by atoms with van der Waals surface area (Å²) in [4.78, 5) is 11.2. The molecule has 0 radical (unpaired) electrons. The molecule has 0 aliphatic heterocycles. The van der Waals surface area contributed by atoms with Crippen LogP contribution < -0.4 is 0 Å². The minimum atomic E-state index is -1.05. The maximum absolute atomic E-state index is 13.7. The summed E-state index contributed by atoms with van der Waals surface area (Å²) >= 11 is 0. The van der Waals surface area contributed by atoms with E-state index < -0.39 is 11.8 Å². The van der Waals surface area contributed by atoms with Crippen LogP contribution in [0.2, 0.25) is 0 Å². The second-order valence-corrected chi connectivity index (χ2v) is 4.41. The Morgan fingerprint density at radius 2 is 1.89 bits per heavy atom. The van der Waals surface area contributed by atoms with E-state index in [1.807, 2.05) is 13.8 Å². The maximum Gasteiger partial charge on any atom is 0.337 e. The number of hydrogen-bond acceptors (Lipinski definition) is 1. The summed E-state index contributed by atoms with van der Waals surface area (Å²) in [6, 6.07) is 6.31. The number of halogens is 1. The minimum absolute atomic E-state index is 0.119. The molecule has 0 atom stereocenters. The minimum Gasteiger partial charge on any atom is -0.478 e. The first-order chi connectivity index (χ1) is 8.50. The summed E-state index contributed by atoms with van der Waals surface area (Å²) in [6.07, 6.45) is 3.21. The summed E-state index contributed by atoms with van der Waals surface area (Å²) in [5.74, 6) is -1.46. The van der Waals surface area contributed by atoms with Crippen LogP contribution in [0.15, 0.2) is 36.7 Å². The van der Waals surface area contributed by atoms with Gasteiger partial charge in [-0.2, -0.15) is 0 Å². The third kappa shape index (κ3) is 2.14. The molecule has 1 aromatic heterocycles. The van der Waals surface area contributed by atoms with E-state index in [-0.39, 0.29) is 11.6 Å². The largest absolute Gasteiger partial charge is 0.478 e. The standard InChI is InChI=1S/C14H14FNO2/c1-9(2)16-7-11(12(8-16)14(17)18)10-5-3-4-6-13(10)15/h3-9H,1-2H3,(H,17,18). The fourth-order valence-electron chi connectivity index (χ4n) is 1.84. The van der Waals surface area contributed by atoms with Gasteiger partial charge in [0.05, 0.1) is 5.56 Å². The lowest BCUT2D eigenvalue weighted by Gasteiger charge is -2.05. The summed E-state index contributed by atoms with van der Waals surface area (Å²) in [7, 11) is 0. The zero-order valence-electron chi connectivity index (χ0n) is 10.2. The molecule has 0 saturated heterocycles. The highest BCUT2D eigenvalue weighted by atomic mass is 19.1. The lowest BCUT2D eigenvalue weighted by molar-refractivity contribution is 0.0697. The number of rotatable bonds is 3. The van der Waals surface area contributed by atoms with E-state index in [0.717, 1.165) is 0 Å². The van der Waals surface area contributed by atoms with Crippen LogP contribution in [0.4, 0.5) is 4.39 Å². The van der Waals surface area contributed by atoms with Crippen LogP contribution >= 0.6 is 0 Å². The second kappa shape index (κ2) is 4.64. The smallest absolute Gasteiger partial charge is 0.337 e. The van der Waals surface area contributed by atoms with Gasteiger partial charge in [-0.1, -0.05) is 18.2 Å². The predicted molar refractivity (Wildman–Crippen MR) is 67.2 cm³/mol. The van der Waals surface area contributed by atoms with Crippen LogP contribution in [0, 0.1) is 5.82 Å². The highest BCUT2D eigenvalue weighted by molar-refractivity contribution is 5.96. The Morgan fingerprint density at radius 3 is 2.44 bits per heavy atom. The molecule has 1 N–H and O–H groups in total. The molecule has 2 rings (SSSR count). The Balaban J connectivity index is 2.63. The van der Waals surface area contributed by atoms with Gasteiger partial charge >= 0.3 is 5.97 Å². The van der Waals surface area contributed by atoms with E-state index in [2.05, 4.69) is 0 Å². The first kappa shape index (κ1) is 12.4. The number of aromatic carboxylic acids is 1. The molecule has 4 heteroatoms. The molecular weight excluding hydrogens is 233 g/mol. The molecule has 0 bridgehead atoms. The van der Waals surface area contributed by atoms with Gasteiger partial charge in [0.25, 0.3) is 0 Å². The van der Waals surface area contributed by atoms with Crippen molar-refractivity contribution in [2.45, 2.75) is 19.9 Å². The molecule has 3 nitrogen and oxygen atoms in total.